The summed E-state index contributed by atoms with van der Waals surface area (Å²) < 4.78 is 0. The number of rotatable bonds is 6. The molecular formula is C31H16O12. The first kappa shape index (κ1) is 26.9. The predicted octanol–water partition coefficient (Wildman–Crippen LogP) is 4.22. The Labute approximate surface area is 239 Å². The monoisotopic (exact) mass is 580 g/mol. The van der Waals surface area contributed by atoms with Crippen molar-refractivity contribution in [2.75, 3.05) is 0 Å². The highest BCUT2D eigenvalue weighted by molar-refractivity contribution is 6.10. The lowest BCUT2D eigenvalue weighted by atomic mass is 9.69. The highest BCUT2D eigenvalue weighted by atomic mass is 16.4. The molecule has 0 amide bonds. The largest absolute Gasteiger partial charge is 0.478 e. The van der Waals surface area contributed by atoms with Crippen LogP contribution in [0.25, 0.3) is 22.3 Å². The molecule has 12 nitrogen and oxygen atoms in total. The van der Waals surface area contributed by atoms with E-state index in [4.69, 9.17) is 0 Å². The molecule has 0 heterocycles. The van der Waals surface area contributed by atoms with Gasteiger partial charge < -0.3 is 30.6 Å². The number of carbonyl (C=O) groups is 6. The van der Waals surface area contributed by atoms with E-state index in [9.17, 15) is 59.4 Å². The Balaban J connectivity index is 1.95. The van der Waals surface area contributed by atoms with Crippen LogP contribution in [0, 0.1) is 0 Å². The molecule has 212 valence electrons. The van der Waals surface area contributed by atoms with Crippen LogP contribution in [-0.2, 0) is 5.41 Å². The van der Waals surface area contributed by atoms with Gasteiger partial charge in [0.15, 0.2) is 0 Å². The molecule has 0 bridgehead atoms. The minimum Gasteiger partial charge on any atom is -0.478 e. The Bertz CT molecular complexity index is 1910. The lowest BCUT2D eigenvalue weighted by Crippen LogP contribution is -2.28. The topological polar surface area (TPSA) is 224 Å². The van der Waals surface area contributed by atoms with E-state index >= 15 is 0 Å². The molecular weight excluding hydrogens is 564 g/mol. The van der Waals surface area contributed by atoms with Crippen LogP contribution in [0.1, 0.15) is 84.4 Å². The molecule has 12 heteroatoms. The SMILES string of the molecule is O=C(O)c1ccc2c(c1)C1(c3cc(C(=O)O)ccc3-c3c(C(=O)O)cc(C(=O)O)cc31)c1cc(C(=O)O)cc(C(=O)O)c1-2. The van der Waals surface area contributed by atoms with Gasteiger partial charge in [0.1, 0.15) is 0 Å². The molecule has 0 atom stereocenters. The van der Waals surface area contributed by atoms with Crippen LogP contribution in [0.3, 0.4) is 0 Å². The number of fused-ring (bicyclic) bond motifs is 10. The van der Waals surface area contributed by atoms with Crippen molar-refractivity contribution in [3.63, 3.8) is 0 Å². The third-order valence-corrected chi connectivity index (χ3v) is 7.92. The Morgan fingerprint density at radius 3 is 1.02 bits per heavy atom. The molecule has 4 aromatic carbocycles. The number of aromatic carboxylic acids is 6. The summed E-state index contributed by atoms with van der Waals surface area (Å²) in [4.78, 5) is 73.7. The van der Waals surface area contributed by atoms with Crippen molar-refractivity contribution in [1.82, 2.24) is 0 Å². The second-order valence-electron chi connectivity index (χ2n) is 9.99. The smallest absolute Gasteiger partial charge is 0.336 e. The van der Waals surface area contributed by atoms with Crippen molar-refractivity contribution in [3.05, 3.63) is 116 Å². The average Bonchev–Trinajstić information content (AvgIpc) is 3.42. The fraction of sp³-hybridized carbons (Fsp3) is 0.0323. The van der Waals surface area contributed by atoms with E-state index in [0.717, 1.165) is 24.3 Å². The third-order valence-electron chi connectivity index (χ3n) is 7.92. The van der Waals surface area contributed by atoms with Gasteiger partial charge in [0.25, 0.3) is 0 Å². The number of carboxylic acid groups (broad SMARTS) is 6. The summed E-state index contributed by atoms with van der Waals surface area (Å²) >= 11 is 0. The number of benzene rings is 4. The van der Waals surface area contributed by atoms with Crippen LogP contribution in [0.4, 0.5) is 0 Å². The first-order chi connectivity index (χ1) is 20.3. The third kappa shape index (κ3) is 3.50. The Hall–Kier alpha value is -6.30. The van der Waals surface area contributed by atoms with Gasteiger partial charge in [0.2, 0.25) is 0 Å². The summed E-state index contributed by atoms with van der Waals surface area (Å²) in [5.41, 5.74) is -3.91. The minimum absolute atomic E-state index is 0.0124. The molecule has 0 aromatic heterocycles. The van der Waals surface area contributed by atoms with Gasteiger partial charge in [0, 0.05) is 11.1 Å². The van der Waals surface area contributed by atoms with Crippen molar-refractivity contribution >= 4 is 35.8 Å². The van der Waals surface area contributed by atoms with Crippen molar-refractivity contribution in [2.45, 2.75) is 5.41 Å². The fourth-order valence-corrected chi connectivity index (χ4v) is 6.32. The summed E-state index contributed by atoms with van der Waals surface area (Å²) in [6, 6.07) is 11.7. The van der Waals surface area contributed by atoms with Gasteiger partial charge in [-0.3, -0.25) is 0 Å². The normalized spacial score (nSPS) is 13.0. The molecule has 0 fully saturated rings. The second-order valence-corrected chi connectivity index (χ2v) is 9.99. The van der Waals surface area contributed by atoms with Gasteiger partial charge in [-0.05, 0) is 81.9 Å². The summed E-state index contributed by atoms with van der Waals surface area (Å²) in [6.07, 6.45) is 0. The molecule has 0 unspecified atom stereocenters. The second kappa shape index (κ2) is 8.85. The van der Waals surface area contributed by atoms with Crippen LogP contribution in [0.2, 0.25) is 0 Å². The van der Waals surface area contributed by atoms with Gasteiger partial charge >= 0.3 is 35.8 Å². The van der Waals surface area contributed by atoms with Crippen molar-refractivity contribution in [2.24, 2.45) is 0 Å². The number of hydrogen-bond donors (Lipinski definition) is 6. The van der Waals surface area contributed by atoms with Gasteiger partial charge in [-0.1, -0.05) is 12.1 Å². The Morgan fingerprint density at radius 2 is 0.721 bits per heavy atom. The first-order valence-electron chi connectivity index (χ1n) is 12.4. The van der Waals surface area contributed by atoms with Crippen LogP contribution in [0.5, 0.6) is 0 Å². The van der Waals surface area contributed by atoms with Crippen molar-refractivity contribution in [1.29, 1.82) is 0 Å². The van der Waals surface area contributed by atoms with E-state index in [0.29, 0.717) is 0 Å². The maximum Gasteiger partial charge on any atom is 0.336 e. The zero-order chi connectivity index (χ0) is 31.1. The molecule has 0 saturated carbocycles. The zero-order valence-corrected chi connectivity index (χ0v) is 21.4. The summed E-state index contributed by atoms with van der Waals surface area (Å²) in [7, 11) is 0. The molecule has 2 aliphatic rings. The van der Waals surface area contributed by atoms with Crippen molar-refractivity contribution < 1.29 is 59.4 Å². The Morgan fingerprint density at radius 1 is 0.395 bits per heavy atom. The maximum absolute atomic E-state index is 12.5. The molecule has 6 N–H and O–H groups in total. The molecule has 6 rings (SSSR count). The summed E-state index contributed by atoms with van der Waals surface area (Å²) in [6.45, 7) is 0. The highest BCUT2D eigenvalue weighted by Crippen LogP contribution is 2.64. The lowest BCUT2D eigenvalue weighted by Gasteiger charge is -2.31. The Kier molecular flexibility index (Phi) is 5.54. The molecule has 2 aliphatic carbocycles. The van der Waals surface area contributed by atoms with E-state index in [1.54, 1.807) is 0 Å². The van der Waals surface area contributed by atoms with Crippen LogP contribution < -0.4 is 0 Å². The molecule has 0 saturated heterocycles. The summed E-state index contributed by atoms with van der Waals surface area (Å²) in [5.74, 6) is -8.80. The molecule has 4 aromatic rings. The molecule has 0 radical (unpaired) electrons. The number of hydrogen-bond acceptors (Lipinski definition) is 6. The lowest BCUT2D eigenvalue weighted by molar-refractivity contribution is 0.0677. The van der Waals surface area contributed by atoms with Crippen LogP contribution in [-0.4, -0.2) is 66.5 Å². The first-order valence-corrected chi connectivity index (χ1v) is 12.4. The van der Waals surface area contributed by atoms with Gasteiger partial charge in [-0.2, -0.15) is 0 Å². The van der Waals surface area contributed by atoms with Gasteiger partial charge in [-0.15, -0.1) is 0 Å². The maximum atomic E-state index is 12.5. The highest BCUT2D eigenvalue weighted by Gasteiger charge is 2.54. The molecule has 0 aliphatic heterocycles. The van der Waals surface area contributed by atoms with Gasteiger partial charge in [-0.25, -0.2) is 28.8 Å². The standard InChI is InChI=1S/C31H16O12/c32-25(33)11-1-3-15-19(7-11)31(21-9-13(27(36)37)5-17(23(15)21)29(40)41)20-8-12(26(34)35)2-4-16(20)24-18(30(42)43)6-14(28(38)39)10-22(24)31/h1-10H,(H,32,33)(H,34,35)(H,36,37)(H,38,39)(H,40,41)(H,42,43). The van der Waals surface area contributed by atoms with E-state index in [2.05, 4.69) is 0 Å². The fourth-order valence-electron chi connectivity index (χ4n) is 6.32. The average molecular weight is 580 g/mol. The number of carboxylic acids is 6. The molecule has 1 spiro atoms. The van der Waals surface area contributed by atoms with Crippen LogP contribution in [0.15, 0.2) is 60.7 Å². The minimum atomic E-state index is -1.91. The predicted molar refractivity (Wildman–Crippen MR) is 144 cm³/mol. The van der Waals surface area contributed by atoms with E-state index < -0.39 is 63.5 Å². The quantitative estimate of drug-likeness (QED) is 0.163. The van der Waals surface area contributed by atoms with Gasteiger partial charge in [0.05, 0.1) is 38.8 Å². The van der Waals surface area contributed by atoms with Crippen LogP contribution >= 0.6 is 0 Å². The van der Waals surface area contributed by atoms with E-state index in [1.165, 1.54) is 36.4 Å². The zero-order valence-electron chi connectivity index (χ0n) is 21.4. The van der Waals surface area contributed by atoms with E-state index in [1.807, 2.05) is 0 Å². The van der Waals surface area contributed by atoms with E-state index in [-0.39, 0.29) is 55.6 Å². The summed E-state index contributed by atoms with van der Waals surface area (Å²) in [5, 5.41) is 59.9. The van der Waals surface area contributed by atoms with Crippen molar-refractivity contribution in [3.8, 4) is 22.3 Å². The molecule has 43 heavy (non-hydrogen) atoms.